The number of halogens is 1. The van der Waals surface area contributed by atoms with Crippen LogP contribution in [0.25, 0.3) is 16.5 Å². The van der Waals surface area contributed by atoms with Crippen LogP contribution in [0.15, 0.2) is 46.4 Å². The van der Waals surface area contributed by atoms with Crippen LogP contribution < -0.4 is 0 Å². The second-order valence-electron chi connectivity index (χ2n) is 4.29. The van der Waals surface area contributed by atoms with Crippen molar-refractivity contribution >= 4 is 40.2 Å². The first-order valence-corrected chi connectivity index (χ1v) is 6.22. The molecule has 0 fully saturated rings. The standard InChI is InChI=1S/C15H7ClN2O2/c16-11-5-4-9-2-1-3-10-12(17-7-19)6-13(18-8-20)15(11)14(9)10/h1-6,12H. The van der Waals surface area contributed by atoms with Gasteiger partial charge in [0.05, 0.1) is 10.7 Å². The van der Waals surface area contributed by atoms with E-state index in [1.165, 1.54) is 6.08 Å². The number of isocyanates is 2. The number of carbonyl (C=O) groups excluding carboxylic acids is 2. The van der Waals surface area contributed by atoms with Gasteiger partial charge in [0.2, 0.25) is 12.2 Å². The summed E-state index contributed by atoms with van der Waals surface area (Å²) >= 11 is 6.23. The maximum atomic E-state index is 10.6. The molecule has 0 saturated carbocycles. The Hall–Kier alpha value is -2.51. The van der Waals surface area contributed by atoms with Gasteiger partial charge >= 0.3 is 0 Å². The summed E-state index contributed by atoms with van der Waals surface area (Å²) < 4.78 is 0. The molecule has 1 aliphatic carbocycles. The fourth-order valence-electron chi connectivity index (χ4n) is 2.51. The van der Waals surface area contributed by atoms with Crippen molar-refractivity contribution < 1.29 is 9.59 Å². The Bertz CT molecular complexity index is 844. The predicted molar refractivity (Wildman–Crippen MR) is 75.9 cm³/mol. The van der Waals surface area contributed by atoms with Crippen molar-refractivity contribution in [3.05, 3.63) is 52.6 Å². The van der Waals surface area contributed by atoms with Crippen molar-refractivity contribution in [1.29, 1.82) is 0 Å². The molecule has 0 amide bonds. The first kappa shape index (κ1) is 12.5. The van der Waals surface area contributed by atoms with Gasteiger partial charge in [-0.25, -0.2) is 9.59 Å². The van der Waals surface area contributed by atoms with Crippen molar-refractivity contribution in [3.8, 4) is 0 Å². The molecule has 0 bridgehead atoms. The number of hydrogen-bond acceptors (Lipinski definition) is 4. The molecule has 1 unspecified atom stereocenters. The fourth-order valence-corrected chi connectivity index (χ4v) is 2.76. The van der Waals surface area contributed by atoms with E-state index in [-0.39, 0.29) is 0 Å². The molecule has 5 heteroatoms. The van der Waals surface area contributed by atoms with E-state index in [1.807, 2.05) is 24.3 Å². The van der Waals surface area contributed by atoms with Gasteiger partial charge in [0.1, 0.15) is 6.04 Å². The summed E-state index contributed by atoms with van der Waals surface area (Å²) in [5.41, 5.74) is 1.88. The third-order valence-electron chi connectivity index (χ3n) is 3.28. The molecule has 20 heavy (non-hydrogen) atoms. The highest BCUT2D eigenvalue weighted by molar-refractivity contribution is 6.34. The van der Waals surface area contributed by atoms with Crippen LogP contribution in [0, 0.1) is 0 Å². The normalized spacial score (nSPS) is 16.1. The van der Waals surface area contributed by atoms with Crippen molar-refractivity contribution in [2.24, 2.45) is 9.98 Å². The van der Waals surface area contributed by atoms with Gasteiger partial charge in [-0.1, -0.05) is 35.9 Å². The maximum Gasteiger partial charge on any atom is 0.240 e. The van der Waals surface area contributed by atoms with Gasteiger partial charge in [-0.15, -0.1) is 0 Å². The Balaban J connectivity index is 2.47. The van der Waals surface area contributed by atoms with Crippen molar-refractivity contribution in [2.75, 3.05) is 0 Å². The molecular formula is C15H7ClN2O2. The molecule has 1 atom stereocenters. The molecule has 0 spiro atoms. The van der Waals surface area contributed by atoms with E-state index >= 15 is 0 Å². The summed E-state index contributed by atoms with van der Waals surface area (Å²) in [6.45, 7) is 0. The zero-order chi connectivity index (χ0) is 14.1. The van der Waals surface area contributed by atoms with E-state index < -0.39 is 6.04 Å². The van der Waals surface area contributed by atoms with E-state index in [1.54, 1.807) is 18.2 Å². The molecule has 0 saturated heterocycles. The third-order valence-corrected chi connectivity index (χ3v) is 3.59. The summed E-state index contributed by atoms with van der Waals surface area (Å²) in [4.78, 5) is 28.6. The quantitative estimate of drug-likeness (QED) is 0.624. The van der Waals surface area contributed by atoms with E-state index in [0.29, 0.717) is 16.3 Å². The van der Waals surface area contributed by atoms with Crippen LogP contribution in [0.2, 0.25) is 5.02 Å². The Labute approximate surface area is 119 Å². The number of hydrogen-bond donors (Lipinski definition) is 0. The Morgan fingerprint density at radius 1 is 1.10 bits per heavy atom. The second-order valence-corrected chi connectivity index (χ2v) is 4.70. The molecule has 3 rings (SSSR count). The van der Waals surface area contributed by atoms with Gasteiger partial charge < -0.3 is 0 Å². The first-order chi connectivity index (χ1) is 9.76. The summed E-state index contributed by atoms with van der Waals surface area (Å²) in [7, 11) is 0. The summed E-state index contributed by atoms with van der Waals surface area (Å²) in [6.07, 6.45) is 4.66. The van der Waals surface area contributed by atoms with Crippen LogP contribution in [-0.4, -0.2) is 12.2 Å². The van der Waals surface area contributed by atoms with Crippen molar-refractivity contribution in [3.63, 3.8) is 0 Å². The van der Waals surface area contributed by atoms with Gasteiger partial charge in [0, 0.05) is 5.56 Å². The lowest BCUT2D eigenvalue weighted by Crippen LogP contribution is -2.03. The minimum absolute atomic E-state index is 0.373. The van der Waals surface area contributed by atoms with Crippen LogP contribution in [-0.2, 0) is 9.59 Å². The average molecular weight is 283 g/mol. The monoisotopic (exact) mass is 282 g/mol. The minimum atomic E-state index is -0.519. The molecular weight excluding hydrogens is 276 g/mol. The van der Waals surface area contributed by atoms with Crippen molar-refractivity contribution in [1.82, 2.24) is 0 Å². The highest BCUT2D eigenvalue weighted by Crippen LogP contribution is 2.42. The lowest BCUT2D eigenvalue weighted by molar-refractivity contribution is 0.561. The minimum Gasteiger partial charge on any atom is -0.211 e. The summed E-state index contributed by atoms with van der Waals surface area (Å²) in [5, 5.41) is 2.28. The van der Waals surface area contributed by atoms with Crippen LogP contribution in [0.4, 0.5) is 0 Å². The molecule has 2 aromatic rings. The van der Waals surface area contributed by atoms with E-state index in [0.717, 1.165) is 16.3 Å². The molecule has 0 heterocycles. The zero-order valence-electron chi connectivity index (χ0n) is 10.1. The first-order valence-electron chi connectivity index (χ1n) is 5.84. The maximum absolute atomic E-state index is 10.6. The van der Waals surface area contributed by atoms with Gasteiger partial charge in [0.15, 0.2) is 0 Å². The Morgan fingerprint density at radius 3 is 2.70 bits per heavy atom. The van der Waals surface area contributed by atoms with Crippen LogP contribution >= 0.6 is 11.6 Å². The van der Waals surface area contributed by atoms with Crippen molar-refractivity contribution in [2.45, 2.75) is 6.04 Å². The van der Waals surface area contributed by atoms with E-state index in [9.17, 15) is 9.59 Å². The fraction of sp³-hybridized carbons (Fsp3) is 0.0667. The lowest BCUT2D eigenvalue weighted by atomic mass is 9.88. The molecule has 96 valence electrons. The number of benzene rings is 2. The smallest absolute Gasteiger partial charge is 0.211 e. The van der Waals surface area contributed by atoms with Gasteiger partial charge in [-0.3, -0.25) is 0 Å². The Kier molecular flexibility index (Phi) is 3.05. The SMILES string of the molecule is O=C=NC1=CC(N=C=O)c2cccc3ccc(Cl)c1c23. The molecule has 0 aliphatic heterocycles. The van der Waals surface area contributed by atoms with E-state index in [2.05, 4.69) is 9.98 Å². The molecule has 0 radical (unpaired) electrons. The third kappa shape index (κ3) is 1.80. The topological polar surface area (TPSA) is 58.9 Å². The van der Waals surface area contributed by atoms with Crippen LogP contribution in [0.5, 0.6) is 0 Å². The zero-order valence-corrected chi connectivity index (χ0v) is 10.9. The van der Waals surface area contributed by atoms with Crippen LogP contribution in [0.1, 0.15) is 17.2 Å². The van der Waals surface area contributed by atoms with Gasteiger partial charge in [0.25, 0.3) is 0 Å². The molecule has 2 aromatic carbocycles. The Morgan fingerprint density at radius 2 is 1.95 bits per heavy atom. The second kappa shape index (κ2) is 4.87. The molecule has 0 N–H and O–H groups in total. The van der Waals surface area contributed by atoms with E-state index in [4.69, 9.17) is 11.6 Å². The average Bonchev–Trinajstić information content (AvgIpc) is 2.45. The van der Waals surface area contributed by atoms with Crippen LogP contribution in [0.3, 0.4) is 0 Å². The summed E-state index contributed by atoms with van der Waals surface area (Å²) in [5.74, 6) is 0. The predicted octanol–water partition coefficient (Wildman–Crippen LogP) is 3.56. The lowest BCUT2D eigenvalue weighted by Gasteiger charge is -2.20. The highest BCUT2D eigenvalue weighted by Gasteiger charge is 2.23. The summed E-state index contributed by atoms with van der Waals surface area (Å²) in [6, 6.07) is 8.78. The number of aliphatic imine (C=N–C) groups is 2. The molecule has 0 aromatic heterocycles. The number of rotatable bonds is 2. The van der Waals surface area contributed by atoms with Gasteiger partial charge in [-0.2, -0.15) is 9.98 Å². The van der Waals surface area contributed by atoms with Gasteiger partial charge in [-0.05, 0) is 28.5 Å². The number of nitrogens with zero attached hydrogens (tertiary/aromatic N) is 2. The molecule has 4 nitrogen and oxygen atoms in total. The molecule has 1 aliphatic rings. The highest BCUT2D eigenvalue weighted by atomic mass is 35.5. The largest absolute Gasteiger partial charge is 0.240 e.